The Morgan fingerprint density at radius 3 is 2.75 bits per heavy atom. The van der Waals surface area contributed by atoms with Gasteiger partial charge in [-0.3, -0.25) is 0 Å². The Balaban J connectivity index is 2.58. The van der Waals surface area contributed by atoms with Crippen LogP contribution in [0.3, 0.4) is 0 Å². The zero-order valence-corrected chi connectivity index (χ0v) is 4.59. The Bertz CT molecular complexity index is 147. The van der Waals surface area contributed by atoms with Crippen LogP contribution in [0.2, 0.25) is 0 Å². The van der Waals surface area contributed by atoms with Crippen LogP contribution >= 0.6 is 0 Å². The number of hydrogen-bond acceptors (Lipinski definition) is 2. The molecule has 0 heterocycles. The molecule has 2 heteroatoms. The lowest BCUT2D eigenvalue weighted by atomic mass is 10.3. The average molecular weight is 111 g/mol. The van der Waals surface area contributed by atoms with E-state index >= 15 is 0 Å². The van der Waals surface area contributed by atoms with Gasteiger partial charge in [-0.2, -0.15) is 0 Å². The maximum absolute atomic E-state index is 8.52. The van der Waals surface area contributed by atoms with Crippen LogP contribution in [0.5, 0.6) is 0 Å². The van der Waals surface area contributed by atoms with Crippen molar-refractivity contribution in [1.82, 2.24) is 0 Å². The predicted octanol–water partition coefficient (Wildman–Crippen LogP) is 0.151. The Kier molecular flexibility index (Phi) is 1.35. The van der Waals surface area contributed by atoms with Crippen molar-refractivity contribution in [3.8, 4) is 0 Å². The molecular formula is C6H9NO. The van der Waals surface area contributed by atoms with Crippen molar-refractivity contribution in [2.45, 2.75) is 6.42 Å². The molecule has 0 aliphatic heterocycles. The molecule has 0 spiro atoms. The van der Waals surface area contributed by atoms with E-state index in [9.17, 15) is 0 Å². The summed E-state index contributed by atoms with van der Waals surface area (Å²) in [6.45, 7) is 0.112. The zero-order valence-electron chi connectivity index (χ0n) is 4.59. The molecule has 1 aliphatic rings. The lowest BCUT2D eigenvalue weighted by molar-refractivity contribution is 0.335. The first-order valence-corrected chi connectivity index (χ1v) is 2.59. The highest BCUT2D eigenvalue weighted by Gasteiger charge is 1.99. The lowest BCUT2D eigenvalue weighted by Crippen LogP contribution is -1.90. The first-order chi connectivity index (χ1) is 3.83. The molecule has 0 aromatic carbocycles. The summed E-state index contributed by atoms with van der Waals surface area (Å²) in [5.74, 6) is 0. The van der Waals surface area contributed by atoms with Crippen molar-refractivity contribution in [1.29, 1.82) is 0 Å². The standard InChI is InChI=1S/C6H9NO/c7-6-2-1-5(3-6)4-8/h1,3,8H,2,4,7H2. The molecule has 1 rings (SSSR count). The van der Waals surface area contributed by atoms with Gasteiger partial charge in [0.1, 0.15) is 0 Å². The topological polar surface area (TPSA) is 46.2 Å². The minimum absolute atomic E-state index is 0.112. The molecule has 0 radical (unpaired) electrons. The molecule has 0 aromatic heterocycles. The van der Waals surface area contributed by atoms with Crippen LogP contribution in [-0.4, -0.2) is 11.7 Å². The van der Waals surface area contributed by atoms with Crippen LogP contribution in [0.4, 0.5) is 0 Å². The SMILES string of the molecule is NC1=CC(CO)=CC1. The number of aliphatic hydroxyl groups excluding tert-OH is 1. The van der Waals surface area contributed by atoms with E-state index in [1.807, 2.05) is 6.08 Å². The fourth-order valence-corrected chi connectivity index (χ4v) is 0.715. The van der Waals surface area contributed by atoms with Crippen molar-refractivity contribution < 1.29 is 5.11 Å². The average Bonchev–Trinajstić information content (AvgIpc) is 2.14. The minimum atomic E-state index is 0.112. The molecule has 0 fully saturated rings. The van der Waals surface area contributed by atoms with Crippen LogP contribution in [0.15, 0.2) is 23.4 Å². The molecule has 44 valence electrons. The van der Waals surface area contributed by atoms with E-state index in [2.05, 4.69) is 0 Å². The maximum atomic E-state index is 8.52. The van der Waals surface area contributed by atoms with Gasteiger partial charge in [-0.25, -0.2) is 0 Å². The Labute approximate surface area is 48.3 Å². The van der Waals surface area contributed by atoms with E-state index in [-0.39, 0.29) is 6.61 Å². The van der Waals surface area contributed by atoms with E-state index in [0.29, 0.717) is 0 Å². The second kappa shape index (κ2) is 2.01. The van der Waals surface area contributed by atoms with Crippen molar-refractivity contribution in [3.05, 3.63) is 23.4 Å². The Hall–Kier alpha value is -0.760. The largest absolute Gasteiger partial charge is 0.402 e. The summed E-state index contributed by atoms with van der Waals surface area (Å²) in [5.41, 5.74) is 7.17. The van der Waals surface area contributed by atoms with Crippen molar-refractivity contribution >= 4 is 0 Å². The summed E-state index contributed by atoms with van der Waals surface area (Å²) >= 11 is 0. The van der Waals surface area contributed by atoms with Gasteiger partial charge in [0.2, 0.25) is 0 Å². The van der Waals surface area contributed by atoms with Crippen LogP contribution in [-0.2, 0) is 0 Å². The molecule has 8 heavy (non-hydrogen) atoms. The second-order valence-corrected chi connectivity index (χ2v) is 1.86. The highest BCUT2D eigenvalue weighted by molar-refractivity contribution is 5.30. The number of hydrogen-bond donors (Lipinski definition) is 2. The molecule has 0 bridgehead atoms. The van der Waals surface area contributed by atoms with Gasteiger partial charge in [-0.05, 0) is 11.6 Å². The number of rotatable bonds is 1. The third kappa shape index (κ3) is 0.898. The Morgan fingerprint density at radius 2 is 2.50 bits per heavy atom. The van der Waals surface area contributed by atoms with Gasteiger partial charge in [0.05, 0.1) is 6.61 Å². The lowest BCUT2D eigenvalue weighted by Gasteiger charge is -1.85. The molecule has 0 saturated carbocycles. The van der Waals surface area contributed by atoms with Crippen molar-refractivity contribution in [2.24, 2.45) is 5.73 Å². The molecule has 3 N–H and O–H groups in total. The number of aliphatic hydroxyl groups is 1. The van der Waals surface area contributed by atoms with Crippen LogP contribution in [0, 0.1) is 0 Å². The molecule has 1 aliphatic carbocycles. The Morgan fingerprint density at radius 1 is 1.75 bits per heavy atom. The molecule has 0 aromatic rings. The summed E-state index contributed by atoms with van der Waals surface area (Å²) in [4.78, 5) is 0. The van der Waals surface area contributed by atoms with Gasteiger partial charge in [0, 0.05) is 12.1 Å². The number of nitrogens with two attached hydrogens (primary N) is 1. The summed E-state index contributed by atoms with van der Waals surface area (Å²) in [6, 6.07) is 0. The zero-order chi connectivity index (χ0) is 5.98. The second-order valence-electron chi connectivity index (χ2n) is 1.86. The van der Waals surface area contributed by atoms with Crippen LogP contribution in [0.25, 0.3) is 0 Å². The van der Waals surface area contributed by atoms with E-state index in [0.717, 1.165) is 17.7 Å². The van der Waals surface area contributed by atoms with Gasteiger partial charge in [-0.1, -0.05) is 6.08 Å². The fourth-order valence-electron chi connectivity index (χ4n) is 0.715. The predicted molar refractivity (Wildman–Crippen MR) is 32.1 cm³/mol. The third-order valence-electron chi connectivity index (χ3n) is 1.15. The van der Waals surface area contributed by atoms with Gasteiger partial charge in [0.25, 0.3) is 0 Å². The number of allylic oxidation sites excluding steroid dienone is 1. The smallest absolute Gasteiger partial charge is 0.0679 e. The van der Waals surface area contributed by atoms with Gasteiger partial charge in [0.15, 0.2) is 0 Å². The van der Waals surface area contributed by atoms with Gasteiger partial charge < -0.3 is 10.8 Å². The summed E-state index contributed by atoms with van der Waals surface area (Å²) in [7, 11) is 0. The summed E-state index contributed by atoms with van der Waals surface area (Å²) < 4.78 is 0. The van der Waals surface area contributed by atoms with Crippen molar-refractivity contribution in [2.75, 3.05) is 6.61 Å². The minimum Gasteiger partial charge on any atom is -0.402 e. The highest BCUT2D eigenvalue weighted by atomic mass is 16.3. The third-order valence-corrected chi connectivity index (χ3v) is 1.15. The molecule has 2 nitrogen and oxygen atoms in total. The summed E-state index contributed by atoms with van der Waals surface area (Å²) in [5, 5.41) is 8.52. The maximum Gasteiger partial charge on any atom is 0.0679 e. The van der Waals surface area contributed by atoms with Crippen molar-refractivity contribution in [3.63, 3.8) is 0 Å². The molecular weight excluding hydrogens is 102 g/mol. The molecule has 0 amide bonds. The normalized spacial score (nSPS) is 18.1. The quantitative estimate of drug-likeness (QED) is 0.506. The highest BCUT2D eigenvalue weighted by Crippen LogP contribution is 2.11. The van der Waals surface area contributed by atoms with Crippen LogP contribution in [0.1, 0.15) is 6.42 Å². The van der Waals surface area contributed by atoms with E-state index in [1.54, 1.807) is 6.08 Å². The van der Waals surface area contributed by atoms with Crippen LogP contribution < -0.4 is 5.73 Å². The van der Waals surface area contributed by atoms with E-state index in [4.69, 9.17) is 10.8 Å². The fraction of sp³-hybridized carbons (Fsp3) is 0.333. The monoisotopic (exact) mass is 111 g/mol. The first kappa shape index (κ1) is 5.38. The first-order valence-electron chi connectivity index (χ1n) is 2.59. The summed E-state index contributed by atoms with van der Waals surface area (Å²) in [6.07, 6.45) is 4.53. The molecule has 0 unspecified atom stereocenters. The van der Waals surface area contributed by atoms with E-state index in [1.165, 1.54) is 0 Å². The van der Waals surface area contributed by atoms with Gasteiger partial charge in [-0.15, -0.1) is 0 Å². The molecule has 0 atom stereocenters. The molecule has 0 saturated heterocycles. The van der Waals surface area contributed by atoms with E-state index < -0.39 is 0 Å². The van der Waals surface area contributed by atoms with Gasteiger partial charge >= 0.3 is 0 Å².